The van der Waals surface area contributed by atoms with Crippen LogP contribution in [0.3, 0.4) is 0 Å². The highest BCUT2D eigenvalue weighted by Crippen LogP contribution is 2.42. The Hall–Kier alpha value is -5.03. The zero-order chi connectivity index (χ0) is 31.1. The fraction of sp³-hybridized carbons (Fsp3) is 0. The first-order valence-corrected chi connectivity index (χ1v) is 14.7. The van der Waals surface area contributed by atoms with Crippen molar-refractivity contribution in [3.05, 3.63) is 109 Å². The molecule has 4 N–H and O–H groups in total. The number of anilines is 1. The van der Waals surface area contributed by atoms with Gasteiger partial charge < -0.3 is 10.4 Å². The number of carbonyl (C=O) groups excluding carboxylic acids is 1. The number of hydrogen-bond acceptors (Lipinski definition) is 12. The monoisotopic (exact) mass is 631 g/mol. The molecule has 0 bridgehead atoms. The molecule has 0 aromatic heterocycles. The van der Waals surface area contributed by atoms with E-state index in [0.717, 1.165) is 18.1 Å². The van der Waals surface area contributed by atoms with E-state index in [2.05, 4.69) is 35.1 Å². The molecule has 0 spiro atoms. The summed E-state index contributed by atoms with van der Waals surface area (Å²) >= 11 is 0.813. The number of carbonyl (C=O) groups is 1. The minimum atomic E-state index is -4.83. The lowest BCUT2D eigenvalue weighted by Gasteiger charge is -2.11. The molecule has 15 heteroatoms. The van der Waals surface area contributed by atoms with Crippen LogP contribution in [0.5, 0.6) is 5.75 Å². The summed E-state index contributed by atoms with van der Waals surface area (Å²) in [5.74, 6) is -0.901. The first-order valence-electron chi connectivity index (χ1n) is 12.5. The van der Waals surface area contributed by atoms with E-state index in [0.29, 0.717) is 33.2 Å². The second kappa shape index (κ2) is 13.5. The van der Waals surface area contributed by atoms with E-state index >= 15 is 0 Å². The number of nitrogens with zero attached hydrogens (tertiary/aromatic N) is 4. The van der Waals surface area contributed by atoms with Crippen LogP contribution in [0.2, 0.25) is 0 Å². The topological polar surface area (TPSA) is 192 Å². The number of fused-ring (bicyclic) bond motifs is 1. The largest absolute Gasteiger partial charge is 0.505 e. The molecule has 0 radical (unpaired) electrons. The number of phenolic OH excluding ortho intramolecular Hbond substituents is 1. The van der Waals surface area contributed by atoms with Crippen LogP contribution in [0, 0.1) is 0 Å². The molecule has 0 aliphatic carbocycles. The Balaban J connectivity index is 1.36. The molecule has 0 heterocycles. The van der Waals surface area contributed by atoms with E-state index in [-0.39, 0.29) is 16.7 Å². The van der Waals surface area contributed by atoms with E-state index in [9.17, 15) is 22.9 Å². The van der Waals surface area contributed by atoms with Gasteiger partial charge in [0.15, 0.2) is 5.75 Å². The van der Waals surface area contributed by atoms with Gasteiger partial charge in [-0.15, -0.1) is 9.45 Å². The van der Waals surface area contributed by atoms with Crippen molar-refractivity contribution < 1.29 is 37.5 Å². The lowest BCUT2D eigenvalue weighted by atomic mass is 10.1. The van der Waals surface area contributed by atoms with Crippen molar-refractivity contribution in [1.29, 1.82) is 0 Å². The van der Waals surface area contributed by atoms with E-state index < -0.39 is 26.5 Å². The summed E-state index contributed by atoms with van der Waals surface area (Å²) in [7, 11) is -4.83. The quantitative estimate of drug-likeness (QED) is 0.0386. The maximum atomic E-state index is 12.5. The Morgan fingerprint density at radius 3 is 1.95 bits per heavy atom. The summed E-state index contributed by atoms with van der Waals surface area (Å²) in [5.41, 5.74) is 1.66. The standard InChI is InChI=1S/C29H21N5O8S2/c35-28-25-15-12-23(30-29(36)18-4-2-1-3-5-18)16-19(25)17-26(44(38,39)40)27(28)34-33-21-8-6-20(7-9-21)31-32-22-10-13-24(14-11-22)43-42-41-37/h1-17,35,37H,(H,30,36)(H,38,39,40). The summed E-state index contributed by atoms with van der Waals surface area (Å²) in [4.78, 5) is 12.5. The summed E-state index contributed by atoms with van der Waals surface area (Å²) in [6.45, 7) is 0. The highest BCUT2D eigenvalue weighted by molar-refractivity contribution is 7.94. The second-order valence-electron chi connectivity index (χ2n) is 8.94. The van der Waals surface area contributed by atoms with Gasteiger partial charge in [-0.25, -0.2) is 5.26 Å². The van der Waals surface area contributed by atoms with Gasteiger partial charge in [-0.2, -0.15) is 23.8 Å². The van der Waals surface area contributed by atoms with Gasteiger partial charge in [-0.05, 0) is 90.3 Å². The normalized spacial score (nSPS) is 11.9. The first kappa shape index (κ1) is 30.4. The summed E-state index contributed by atoms with van der Waals surface area (Å²) in [6, 6.07) is 27.2. The van der Waals surface area contributed by atoms with Crippen molar-refractivity contribution in [3.63, 3.8) is 0 Å². The molecule has 5 aromatic rings. The van der Waals surface area contributed by atoms with Crippen LogP contribution in [0.1, 0.15) is 10.4 Å². The summed E-state index contributed by atoms with van der Waals surface area (Å²) in [6.07, 6.45) is 0. The maximum absolute atomic E-state index is 12.5. The average molecular weight is 632 g/mol. The van der Waals surface area contributed by atoms with Gasteiger partial charge in [0.2, 0.25) is 0 Å². The number of amides is 1. The summed E-state index contributed by atoms with van der Waals surface area (Å²) in [5, 5.41) is 42.1. The van der Waals surface area contributed by atoms with E-state index in [1.54, 1.807) is 78.9 Å². The molecule has 5 rings (SSSR count). The summed E-state index contributed by atoms with van der Waals surface area (Å²) < 4.78 is 38.7. The van der Waals surface area contributed by atoms with Crippen molar-refractivity contribution in [2.24, 2.45) is 20.5 Å². The highest BCUT2D eigenvalue weighted by Gasteiger charge is 2.22. The number of aromatic hydroxyl groups is 1. The molecule has 0 unspecified atom stereocenters. The zero-order valence-electron chi connectivity index (χ0n) is 22.3. The van der Waals surface area contributed by atoms with E-state index in [1.165, 1.54) is 18.2 Å². The van der Waals surface area contributed by atoms with Gasteiger partial charge in [0, 0.05) is 21.5 Å². The molecular weight excluding hydrogens is 610 g/mol. The molecule has 0 aliphatic heterocycles. The van der Waals surface area contributed by atoms with Crippen molar-refractivity contribution in [2.75, 3.05) is 5.32 Å². The maximum Gasteiger partial charge on any atom is 0.296 e. The van der Waals surface area contributed by atoms with Crippen molar-refractivity contribution in [3.8, 4) is 5.75 Å². The van der Waals surface area contributed by atoms with Crippen LogP contribution in [0.25, 0.3) is 10.8 Å². The highest BCUT2D eigenvalue weighted by atomic mass is 32.2. The Morgan fingerprint density at radius 1 is 0.773 bits per heavy atom. The van der Waals surface area contributed by atoms with E-state index in [4.69, 9.17) is 5.26 Å². The number of phenols is 1. The van der Waals surface area contributed by atoms with Crippen LogP contribution in [0.4, 0.5) is 28.4 Å². The average Bonchev–Trinajstić information content (AvgIpc) is 3.03. The predicted octanol–water partition coefficient (Wildman–Crippen LogP) is 8.30. The number of rotatable bonds is 10. The molecular formula is C29H21N5O8S2. The van der Waals surface area contributed by atoms with Gasteiger partial charge >= 0.3 is 0 Å². The molecule has 0 fully saturated rings. The number of hydrogen-bond donors (Lipinski definition) is 4. The Kier molecular flexibility index (Phi) is 9.35. The molecule has 5 aromatic carbocycles. The minimum absolute atomic E-state index is 0.223. The molecule has 0 atom stereocenters. The van der Waals surface area contributed by atoms with Gasteiger partial charge in [0.1, 0.15) is 10.6 Å². The fourth-order valence-electron chi connectivity index (χ4n) is 3.95. The second-order valence-corrected chi connectivity index (χ2v) is 11.1. The Bertz CT molecular complexity index is 1970. The molecule has 1 amide bonds. The smallest absolute Gasteiger partial charge is 0.296 e. The van der Waals surface area contributed by atoms with Crippen LogP contribution in [0.15, 0.2) is 133 Å². The molecule has 0 aliphatic rings. The van der Waals surface area contributed by atoms with Gasteiger partial charge in [-0.3, -0.25) is 9.35 Å². The molecule has 222 valence electrons. The van der Waals surface area contributed by atoms with Gasteiger partial charge in [0.05, 0.1) is 29.1 Å². The van der Waals surface area contributed by atoms with Crippen LogP contribution in [-0.2, 0) is 19.5 Å². The molecule has 13 nitrogen and oxygen atoms in total. The number of nitrogens with one attached hydrogen (secondary N) is 1. The molecule has 0 saturated heterocycles. The van der Waals surface area contributed by atoms with Gasteiger partial charge in [0.25, 0.3) is 16.0 Å². The van der Waals surface area contributed by atoms with Crippen molar-refractivity contribution in [1.82, 2.24) is 0 Å². The molecule has 0 saturated carbocycles. The fourth-order valence-corrected chi connectivity index (χ4v) is 4.96. The third-order valence-electron chi connectivity index (χ3n) is 6.02. The minimum Gasteiger partial charge on any atom is -0.505 e. The van der Waals surface area contributed by atoms with Crippen molar-refractivity contribution >= 4 is 67.3 Å². The van der Waals surface area contributed by atoms with Crippen LogP contribution >= 0.6 is 12.0 Å². The van der Waals surface area contributed by atoms with Crippen LogP contribution < -0.4 is 5.32 Å². The predicted molar refractivity (Wildman–Crippen MR) is 162 cm³/mol. The Labute approximate surface area is 254 Å². The number of benzene rings is 5. The van der Waals surface area contributed by atoms with Crippen LogP contribution in [-0.4, -0.2) is 29.2 Å². The number of azo groups is 2. The lowest BCUT2D eigenvalue weighted by Crippen LogP contribution is -2.11. The third-order valence-corrected chi connectivity index (χ3v) is 7.48. The van der Waals surface area contributed by atoms with Crippen molar-refractivity contribution in [2.45, 2.75) is 9.79 Å². The van der Waals surface area contributed by atoms with E-state index in [1.807, 2.05) is 0 Å². The Morgan fingerprint density at radius 2 is 1.36 bits per heavy atom. The molecule has 44 heavy (non-hydrogen) atoms. The first-order chi connectivity index (χ1) is 21.2. The van der Waals surface area contributed by atoms with Gasteiger partial charge in [-0.1, -0.05) is 23.2 Å². The lowest BCUT2D eigenvalue weighted by molar-refractivity contribution is -0.432. The zero-order valence-corrected chi connectivity index (χ0v) is 23.9. The SMILES string of the molecule is O=C(Nc1ccc2c(O)c(N=Nc3ccc(N=Nc4ccc(SOOO)cc4)cc3)c(S(=O)(=O)O)cc2c1)c1ccccc1. The third kappa shape index (κ3) is 7.48.